The zero-order valence-electron chi connectivity index (χ0n) is 9.58. The van der Waals surface area contributed by atoms with Gasteiger partial charge in [-0.3, -0.25) is 0 Å². The fourth-order valence-corrected chi connectivity index (χ4v) is 3.94. The van der Waals surface area contributed by atoms with Crippen LogP contribution in [0.5, 0.6) is 0 Å². The molecule has 3 rings (SSSR count). The zero-order valence-corrected chi connectivity index (χ0v) is 9.58. The third kappa shape index (κ3) is 1.94. The molecule has 0 radical (unpaired) electrons. The number of fused-ring (bicyclic) bond motifs is 3. The van der Waals surface area contributed by atoms with E-state index in [4.69, 9.17) is 4.74 Å². The van der Waals surface area contributed by atoms with Gasteiger partial charge in [0.2, 0.25) is 0 Å². The highest BCUT2D eigenvalue weighted by Gasteiger charge is 2.40. The lowest BCUT2D eigenvalue weighted by Crippen LogP contribution is -2.30. The Morgan fingerprint density at radius 3 is 2.80 bits per heavy atom. The summed E-state index contributed by atoms with van der Waals surface area (Å²) in [5.41, 5.74) is 0. The third-order valence-electron chi connectivity index (χ3n) is 4.77. The van der Waals surface area contributed by atoms with Crippen molar-refractivity contribution in [1.82, 2.24) is 5.32 Å². The lowest BCUT2D eigenvalue weighted by Gasteiger charge is -2.29. The molecule has 0 amide bonds. The first kappa shape index (κ1) is 10.1. The molecule has 3 fully saturated rings. The van der Waals surface area contributed by atoms with Crippen LogP contribution in [-0.2, 0) is 4.74 Å². The third-order valence-corrected chi connectivity index (χ3v) is 4.77. The van der Waals surface area contributed by atoms with Crippen LogP contribution in [0.25, 0.3) is 0 Å². The van der Waals surface area contributed by atoms with Crippen molar-refractivity contribution in [2.45, 2.75) is 44.6 Å². The lowest BCUT2D eigenvalue weighted by atomic mass is 9.78. The van der Waals surface area contributed by atoms with Crippen molar-refractivity contribution in [3.8, 4) is 0 Å². The summed E-state index contributed by atoms with van der Waals surface area (Å²) in [5, 5.41) is 3.59. The normalized spacial score (nSPS) is 46.4. The SMILES string of the molecule is C1CCC2OCCC3CNCC3C2CC1. The van der Waals surface area contributed by atoms with Gasteiger partial charge in [-0.2, -0.15) is 0 Å². The van der Waals surface area contributed by atoms with Crippen LogP contribution < -0.4 is 5.32 Å². The van der Waals surface area contributed by atoms with Crippen molar-refractivity contribution >= 4 is 0 Å². The van der Waals surface area contributed by atoms with Gasteiger partial charge in [0.15, 0.2) is 0 Å². The molecule has 4 unspecified atom stereocenters. The molecular weight excluding hydrogens is 186 g/mol. The highest BCUT2D eigenvalue weighted by Crippen LogP contribution is 2.39. The molecule has 2 heteroatoms. The van der Waals surface area contributed by atoms with Gasteiger partial charge in [0.25, 0.3) is 0 Å². The first-order chi connectivity index (χ1) is 7.45. The van der Waals surface area contributed by atoms with Crippen molar-refractivity contribution < 1.29 is 4.74 Å². The number of ether oxygens (including phenoxy) is 1. The van der Waals surface area contributed by atoms with Crippen molar-refractivity contribution in [3.05, 3.63) is 0 Å². The Hall–Kier alpha value is -0.0800. The molecule has 1 N–H and O–H groups in total. The van der Waals surface area contributed by atoms with Gasteiger partial charge in [0, 0.05) is 6.61 Å². The van der Waals surface area contributed by atoms with E-state index in [1.54, 1.807) is 0 Å². The fraction of sp³-hybridized carbons (Fsp3) is 1.00. The second-order valence-electron chi connectivity index (χ2n) is 5.58. The maximum atomic E-state index is 6.10. The molecule has 0 aromatic carbocycles. The summed E-state index contributed by atoms with van der Waals surface area (Å²) in [7, 11) is 0. The first-order valence-electron chi connectivity index (χ1n) is 6.77. The van der Waals surface area contributed by atoms with E-state index < -0.39 is 0 Å². The monoisotopic (exact) mass is 209 g/mol. The second-order valence-corrected chi connectivity index (χ2v) is 5.58. The molecule has 2 saturated heterocycles. The van der Waals surface area contributed by atoms with Gasteiger partial charge >= 0.3 is 0 Å². The van der Waals surface area contributed by atoms with Crippen LogP contribution in [0.15, 0.2) is 0 Å². The molecule has 0 aromatic heterocycles. The second kappa shape index (κ2) is 4.42. The van der Waals surface area contributed by atoms with Crippen molar-refractivity contribution in [2.24, 2.45) is 17.8 Å². The number of rotatable bonds is 0. The van der Waals surface area contributed by atoms with Crippen LogP contribution >= 0.6 is 0 Å². The molecule has 2 heterocycles. The van der Waals surface area contributed by atoms with E-state index in [0.29, 0.717) is 6.10 Å². The molecule has 4 atom stereocenters. The van der Waals surface area contributed by atoms with Crippen LogP contribution in [0.1, 0.15) is 38.5 Å². The summed E-state index contributed by atoms with van der Waals surface area (Å²) in [6.07, 6.45) is 8.91. The van der Waals surface area contributed by atoms with Crippen LogP contribution in [-0.4, -0.2) is 25.8 Å². The standard InChI is InChI=1S/C13H23NO/c1-2-4-11-12-9-14-8-10(12)6-7-15-13(11)5-3-1/h10-14H,1-9H2. The highest BCUT2D eigenvalue weighted by atomic mass is 16.5. The predicted molar refractivity (Wildman–Crippen MR) is 60.8 cm³/mol. The fourth-order valence-electron chi connectivity index (χ4n) is 3.94. The molecule has 2 aliphatic heterocycles. The van der Waals surface area contributed by atoms with E-state index in [9.17, 15) is 0 Å². The average Bonchev–Trinajstić information content (AvgIpc) is 2.49. The Morgan fingerprint density at radius 2 is 1.80 bits per heavy atom. The van der Waals surface area contributed by atoms with Gasteiger partial charge in [0.05, 0.1) is 6.10 Å². The maximum Gasteiger partial charge on any atom is 0.0606 e. The lowest BCUT2D eigenvalue weighted by molar-refractivity contribution is 0.0105. The van der Waals surface area contributed by atoms with Gasteiger partial charge < -0.3 is 10.1 Å². The molecule has 1 saturated carbocycles. The summed E-state index contributed by atoms with van der Waals surface area (Å²) >= 11 is 0. The summed E-state index contributed by atoms with van der Waals surface area (Å²) in [6, 6.07) is 0. The summed E-state index contributed by atoms with van der Waals surface area (Å²) in [4.78, 5) is 0. The number of hydrogen-bond donors (Lipinski definition) is 1. The van der Waals surface area contributed by atoms with E-state index in [0.717, 1.165) is 24.4 Å². The smallest absolute Gasteiger partial charge is 0.0606 e. The Bertz CT molecular complexity index is 219. The zero-order chi connectivity index (χ0) is 10.1. The quantitative estimate of drug-likeness (QED) is 0.660. The molecule has 2 nitrogen and oxygen atoms in total. The van der Waals surface area contributed by atoms with Crippen molar-refractivity contribution in [1.29, 1.82) is 0 Å². The van der Waals surface area contributed by atoms with E-state index in [1.807, 2.05) is 0 Å². The van der Waals surface area contributed by atoms with Gasteiger partial charge in [-0.1, -0.05) is 19.3 Å². The van der Waals surface area contributed by atoms with Gasteiger partial charge in [-0.25, -0.2) is 0 Å². The molecule has 1 aliphatic carbocycles. The van der Waals surface area contributed by atoms with E-state index in [1.165, 1.54) is 51.6 Å². The van der Waals surface area contributed by atoms with E-state index >= 15 is 0 Å². The van der Waals surface area contributed by atoms with Crippen LogP contribution in [0.2, 0.25) is 0 Å². The van der Waals surface area contributed by atoms with Crippen molar-refractivity contribution in [2.75, 3.05) is 19.7 Å². The van der Waals surface area contributed by atoms with E-state index in [-0.39, 0.29) is 0 Å². The molecule has 15 heavy (non-hydrogen) atoms. The minimum absolute atomic E-state index is 0.599. The Balaban J connectivity index is 1.78. The highest BCUT2D eigenvalue weighted by molar-refractivity contribution is 4.92. The topological polar surface area (TPSA) is 21.3 Å². The minimum atomic E-state index is 0.599. The number of hydrogen-bond acceptors (Lipinski definition) is 2. The molecular formula is C13H23NO. The number of nitrogens with one attached hydrogen (secondary N) is 1. The summed E-state index contributed by atoms with van der Waals surface area (Å²) in [6.45, 7) is 3.52. The van der Waals surface area contributed by atoms with Crippen LogP contribution in [0.4, 0.5) is 0 Å². The molecule has 3 aliphatic rings. The Morgan fingerprint density at radius 1 is 0.867 bits per heavy atom. The van der Waals surface area contributed by atoms with Gasteiger partial charge in [-0.05, 0) is 50.1 Å². The Kier molecular flexibility index (Phi) is 2.98. The van der Waals surface area contributed by atoms with Crippen molar-refractivity contribution in [3.63, 3.8) is 0 Å². The van der Waals surface area contributed by atoms with Gasteiger partial charge in [-0.15, -0.1) is 0 Å². The van der Waals surface area contributed by atoms with Crippen LogP contribution in [0, 0.1) is 17.8 Å². The summed E-state index contributed by atoms with van der Waals surface area (Å²) < 4.78 is 6.10. The average molecular weight is 209 g/mol. The van der Waals surface area contributed by atoms with Crippen LogP contribution in [0.3, 0.4) is 0 Å². The minimum Gasteiger partial charge on any atom is -0.378 e. The molecule has 0 bridgehead atoms. The van der Waals surface area contributed by atoms with E-state index in [2.05, 4.69) is 5.32 Å². The van der Waals surface area contributed by atoms with Gasteiger partial charge in [0.1, 0.15) is 0 Å². The first-order valence-corrected chi connectivity index (χ1v) is 6.77. The predicted octanol–water partition coefficient (Wildman–Crippen LogP) is 2.19. The molecule has 0 aromatic rings. The largest absolute Gasteiger partial charge is 0.378 e. The summed E-state index contributed by atoms with van der Waals surface area (Å²) in [5.74, 6) is 2.71. The maximum absolute atomic E-state index is 6.10. The molecule has 86 valence electrons. The molecule has 0 spiro atoms. The Labute approximate surface area is 92.8 Å².